The maximum absolute atomic E-state index is 12.1. The van der Waals surface area contributed by atoms with E-state index in [1.807, 2.05) is 13.3 Å². The van der Waals surface area contributed by atoms with Gasteiger partial charge in [0.05, 0.1) is 19.3 Å². The minimum Gasteiger partial charge on any atom is -0.393 e. The van der Waals surface area contributed by atoms with Gasteiger partial charge in [0.1, 0.15) is 0 Å². The highest BCUT2D eigenvalue weighted by Crippen LogP contribution is 2.60. The van der Waals surface area contributed by atoms with E-state index in [1.54, 1.807) is 5.57 Å². The molecule has 0 spiro atoms. The fourth-order valence-corrected chi connectivity index (χ4v) is 7.62. The molecule has 0 aromatic rings. The van der Waals surface area contributed by atoms with Gasteiger partial charge in [-0.15, -0.1) is 0 Å². The third-order valence-electron chi connectivity index (χ3n) is 8.35. The molecule has 0 saturated heterocycles. The number of hydrogen-bond donors (Lipinski definition) is 2. The molecular weight excluding hydrogens is 391 g/mol. The number of fused-ring (bicyclic) bond motifs is 1. The zero-order valence-electron chi connectivity index (χ0n) is 19.6. The van der Waals surface area contributed by atoms with E-state index >= 15 is 0 Å². The first-order chi connectivity index (χ1) is 14.0. The van der Waals surface area contributed by atoms with Gasteiger partial charge in [-0.25, -0.2) is 0 Å². The topological polar surface area (TPSA) is 57.5 Å². The minimum atomic E-state index is -1.90. The molecule has 0 unspecified atom stereocenters. The first-order valence-electron chi connectivity index (χ1n) is 12.0. The summed E-state index contributed by atoms with van der Waals surface area (Å²) in [6.45, 7) is 12.8. The van der Waals surface area contributed by atoms with Crippen molar-refractivity contribution in [2.45, 2.75) is 83.8 Å². The van der Waals surface area contributed by atoms with E-state index in [9.17, 15) is 14.8 Å². The standard InChI is InChI=1S/C26H43O3P/c1-18(8-7-15-30(4,5)29)23-12-13-24-20(9-6-14-26(23,24)3)10-11-21-16-22(27)17-25(28)19(21)2/h10-11,18,22-25,27-28H,2,6-9,12-17H2,1,3-5H3/b20-10+,21-11+/t18-,22-,23-,24+,25+,26-/m1/s1. The predicted octanol–water partition coefficient (Wildman–Crippen LogP) is 6.17. The fraction of sp³-hybridized carbons (Fsp3) is 0.769. The van der Waals surface area contributed by atoms with E-state index in [-0.39, 0.29) is 0 Å². The first kappa shape index (κ1) is 24.0. The lowest BCUT2D eigenvalue weighted by atomic mass is 9.61. The van der Waals surface area contributed by atoms with Gasteiger partial charge < -0.3 is 14.8 Å². The Hall–Kier alpha value is -0.630. The van der Waals surface area contributed by atoms with Crippen molar-refractivity contribution in [1.29, 1.82) is 0 Å². The summed E-state index contributed by atoms with van der Waals surface area (Å²) in [6, 6.07) is 0. The maximum atomic E-state index is 12.1. The maximum Gasteiger partial charge on any atom is 0.0819 e. The SMILES string of the molecule is C=C1/C(=C/C=C2\CCC[C@]3(C)[C@@H]([C@H](C)CCCP(C)(C)=O)CC[C@@H]23)C[C@@H](O)C[C@@H]1O. The molecule has 2 N–H and O–H groups in total. The smallest absolute Gasteiger partial charge is 0.0819 e. The van der Waals surface area contributed by atoms with Crippen molar-refractivity contribution < 1.29 is 14.8 Å². The lowest BCUT2D eigenvalue weighted by Gasteiger charge is -2.44. The molecule has 3 saturated carbocycles. The van der Waals surface area contributed by atoms with E-state index in [0.29, 0.717) is 30.1 Å². The predicted molar refractivity (Wildman–Crippen MR) is 127 cm³/mol. The highest BCUT2D eigenvalue weighted by molar-refractivity contribution is 7.62. The van der Waals surface area contributed by atoms with Gasteiger partial charge in [-0.2, -0.15) is 0 Å². The average Bonchev–Trinajstić information content (AvgIpc) is 3.00. The Balaban J connectivity index is 1.71. The second-order valence-corrected chi connectivity index (χ2v) is 14.7. The van der Waals surface area contributed by atoms with Crippen molar-refractivity contribution in [3.05, 3.63) is 35.5 Å². The molecular formula is C26H43O3P. The van der Waals surface area contributed by atoms with Crippen LogP contribution < -0.4 is 0 Å². The Morgan fingerprint density at radius 1 is 1.27 bits per heavy atom. The summed E-state index contributed by atoms with van der Waals surface area (Å²) in [5.74, 6) is 2.08. The molecule has 4 heteroatoms. The summed E-state index contributed by atoms with van der Waals surface area (Å²) in [7, 11) is -1.90. The summed E-state index contributed by atoms with van der Waals surface area (Å²) in [5.41, 5.74) is 3.71. The lowest BCUT2D eigenvalue weighted by Crippen LogP contribution is -2.36. The third kappa shape index (κ3) is 5.40. The molecule has 0 aliphatic heterocycles. The van der Waals surface area contributed by atoms with Gasteiger partial charge in [0.25, 0.3) is 0 Å². The summed E-state index contributed by atoms with van der Waals surface area (Å²) < 4.78 is 12.1. The number of aliphatic hydroxyl groups is 2. The van der Waals surface area contributed by atoms with Crippen molar-refractivity contribution in [3.8, 4) is 0 Å². The Morgan fingerprint density at radius 3 is 2.70 bits per heavy atom. The normalized spacial score (nSPS) is 38.8. The Kier molecular flexibility index (Phi) is 7.58. The Bertz CT molecular complexity index is 745. The highest BCUT2D eigenvalue weighted by Gasteiger charge is 2.50. The van der Waals surface area contributed by atoms with Gasteiger partial charge >= 0.3 is 0 Å². The molecule has 170 valence electrons. The van der Waals surface area contributed by atoms with Crippen molar-refractivity contribution in [2.24, 2.45) is 23.2 Å². The molecule has 0 heterocycles. The fourth-order valence-electron chi connectivity index (χ4n) is 6.67. The molecule has 3 fully saturated rings. The molecule has 3 aliphatic carbocycles. The highest BCUT2D eigenvalue weighted by atomic mass is 31.2. The number of hydrogen-bond acceptors (Lipinski definition) is 3. The van der Waals surface area contributed by atoms with E-state index in [1.165, 1.54) is 32.1 Å². The number of rotatable bonds is 6. The minimum absolute atomic E-state index is 0.368. The molecule has 0 aromatic heterocycles. The summed E-state index contributed by atoms with van der Waals surface area (Å²) in [5, 5.41) is 20.2. The number of allylic oxidation sites excluding steroid dienone is 3. The van der Waals surface area contributed by atoms with Crippen LogP contribution in [0.5, 0.6) is 0 Å². The zero-order chi connectivity index (χ0) is 22.1. The van der Waals surface area contributed by atoms with Gasteiger partial charge in [0, 0.05) is 12.6 Å². The van der Waals surface area contributed by atoms with Gasteiger partial charge in [-0.1, -0.05) is 38.2 Å². The van der Waals surface area contributed by atoms with Gasteiger partial charge in [-0.05, 0) is 99.0 Å². The first-order valence-corrected chi connectivity index (χ1v) is 14.8. The van der Waals surface area contributed by atoms with Crippen LogP contribution in [0.1, 0.15) is 71.6 Å². The van der Waals surface area contributed by atoms with Crippen molar-refractivity contribution >= 4 is 7.14 Å². The van der Waals surface area contributed by atoms with E-state index in [2.05, 4.69) is 32.6 Å². The summed E-state index contributed by atoms with van der Waals surface area (Å²) in [6.07, 6.45) is 13.8. The van der Waals surface area contributed by atoms with Crippen molar-refractivity contribution in [3.63, 3.8) is 0 Å². The van der Waals surface area contributed by atoms with Crippen LogP contribution >= 0.6 is 7.14 Å². The van der Waals surface area contributed by atoms with E-state index in [0.717, 1.165) is 36.1 Å². The summed E-state index contributed by atoms with van der Waals surface area (Å²) >= 11 is 0. The van der Waals surface area contributed by atoms with Crippen LogP contribution in [-0.4, -0.2) is 41.9 Å². The van der Waals surface area contributed by atoms with Gasteiger partial charge in [0.2, 0.25) is 0 Å². The molecule has 6 atom stereocenters. The Morgan fingerprint density at radius 2 is 2.00 bits per heavy atom. The monoisotopic (exact) mass is 434 g/mol. The second-order valence-electron chi connectivity index (χ2n) is 11.1. The molecule has 3 rings (SSSR count). The van der Waals surface area contributed by atoms with Gasteiger partial charge in [-0.3, -0.25) is 0 Å². The second kappa shape index (κ2) is 9.47. The van der Waals surface area contributed by atoms with Crippen LogP contribution in [0, 0.1) is 23.2 Å². The van der Waals surface area contributed by atoms with Crippen LogP contribution in [0.2, 0.25) is 0 Å². The van der Waals surface area contributed by atoms with Crippen LogP contribution in [0.3, 0.4) is 0 Å². The summed E-state index contributed by atoms with van der Waals surface area (Å²) in [4.78, 5) is 0. The molecule has 3 nitrogen and oxygen atoms in total. The molecule has 0 aromatic carbocycles. The largest absolute Gasteiger partial charge is 0.393 e. The quantitative estimate of drug-likeness (QED) is 0.492. The Labute approximate surface area is 184 Å². The zero-order valence-corrected chi connectivity index (χ0v) is 20.5. The molecule has 0 amide bonds. The van der Waals surface area contributed by atoms with Crippen LogP contribution in [-0.2, 0) is 4.57 Å². The van der Waals surface area contributed by atoms with Crippen molar-refractivity contribution in [2.75, 3.05) is 19.5 Å². The van der Waals surface area contributed by atoms with Crippen LogP contribution in [0.15, 0.2) is 35.5 Å². The molecule has 3 aliphatic rings. The van der Waals surface area contributed by atoms with E-state index < -0.39 is 19.3 Å². The van der Waals surface area contributed by atoms with Crippen LogP contribution in [0.4, 0.5) is 0 Å². The molecule has 0 bridgehead atoms. The average molecular weight is 435 g/mol. The van der Waals surface area contributed by atoms with Gasteiger partial charge in [0.15, 0.2) is 0 Å². The van der Waals surface area contributed by atoms with E-state index in [4.69, 9.17) is 0 Å². The lowest BCUT2D eigenvalue weighted by molar-refractivity contribution is 0.0861. The van der Waals surface area contributed by atoms with Crippen molar-refractivity contribution in [1.82, 2.24) is 0 Å². The molecule has 30 heavy (non-hydrogen) atoms. The number of aliphatic hydroxyl groups excluding tert-OH is 2. The third-order valence-corrected chi connectivity index (χ3v) is 9.74. The molecule has 0 radical (unpaired) electrons. The van der Waals surface area contributed by atoms with Crippen LogP contribution in [0.25, 0.3) is 0 Å².